The molecule has 0 aromatic carbocycles. The second-order valence-electron chi connectivity index (χ2n) is 3.94. The van der Waals surface area contributed by atoms with Gasteiger partial charge in [0.2, 0.25) is 0 Å². The van der Waals surface area contributed by atoms with Gasteiger partial charge in [-0.2, -0.15) is 11.8 Å². The molecule has 5 heteroatoms. The van der Waals surface area contributed by atoms with E-state index in [1.54, 1.807) is 22.4 Å². The van der Waals surface area contributed by atoms with Gasteiger partial charge >= 0.3 is 5.69 Å². The summed E-state index contributed by atoms with van der Waals surface area (Å²) in [6, 6.07) is 5.54. The number of hydrogen-bond acceptors (Lipinski definition) is 3. The summed E-state index contributed by atoms with van der Waals surface area (Å²) >= 11 is 1.77. The first-order chi connectivity index (χ1) is 8.18. The minimum atomic E-state index is -0.0727. The predicted octanol–water partition coefficient (Wildman–Crippen LogP) is 1.81. The third kappa shape index (κ3) is 2.79. The maximum absolute atomic E-state index is 11.9. The molecule has 0 aliphatic rings. The highest BCUT2D eigenvalue weighted by molar-refractivity contribution is 7.99. The van der Waals surface area contributed by atoms with Crippen LogP contribution in [0.25, 0.3) is 5.65 Å². The number of thioether (sulfide) groups is 1. The third-order valence-electron chi connectivity index (χ3n) is 2.28. The molecular weight excluding hydrogens is 234 g/mol. The molecule has 4 nitrogen and oxygen atoms in total. The van der Waals surface area contributed by atoms with Gasteiger partial charge in [-0.1, -0.05) is 18.2 Å². The first-order valence-electron chi connectivity index (χ1n) is 5.45. The molecule has 0 amide bonds. The first-order valence-corrected chi connectivity index (χ1v) is 6.60. The molecule has 0 N–H and O–H groups in total. The van der Waals surface area contributed by atoms with Crippen LogP contribution in [0.15, 0.2) is 41.3 Å². The van der Waals surface area contributed by atoms with Gasteiger partial charge in [0.15, 0.2) is 5.65 Å². The van der Waals surface area contributed by atoms with Gasteiger partial charge in [-0.15, -0.1) is 5.10 Å². The smallest absolute Gasteiger partial charge is 0.250 e. The minimum absolute atomic E-state index is 0.0727. The number of pyridine rings is 1. The van der Waals surface area contributed by atoms with Gasteiger partial charge in [0.05, 0.1) is 6.54 Å². The Kier molecular flexibility index (Phi) is 3.68. The van der Waals surface area contributed by atoms with Crippen molar-refractivity contribution in [2.75, 3.05) is 11.5 Å². The highest BCUT2D eigenvalue weighted by Crippen LogP contribution is 2.05. The lowest BCUT2D eigenvalue weighted by Crippen LogP contribution is -2.22. The summed E-state index contributed by atoms with van der Waals surface area (Å²) in [7, 11) is 0. The molecular formula is C12H15N3OS. The van der Waals surface area contributed by atoms with Crippen LogP contribution in [0.4, 0.5) is 0 Å². The van der Waals surface area contributed by atoms with Crippen molar-refractivity contribution in [3.05, 3.63) is 47.0 Å². The van der Waals surface area contributed by atoms with Gasteiger partial charge in [0, 0.05) is 17.7 Å². The van der Waals surface area contributed by atoms with Crippen LogP contribution in [0.1, 0.15) is 6.92 Å². The Hall–Kier alpha value is -1.49. The van der Waals surface area contributed by atoms with Gasteiger partial charge in [-0.05, 0) is 19.1 Å². The average Bonchev–Trinajstić information content (AvgIpc) is 2.63. The predicted molar refractivity (Wildman–Crippen MR) is 71.6 cm³/mol. The number of aromatic nitrogens is 3. The largest absolute Gasteiger partial charge is 0.350 e. The summed E-state index contributed by atoms with van der Waals surface area (Å²) in [5, 5.41) is 4.26. The zero-order chi connectivity index (χ0) is 12.3. The van der Waals surface area contributed by atoms with Crippen molar-refractivity contribution >= 4 is 17.4 Å². The quantitative estimate of drug-likeness (QED) is 0.599. The van der Waals surface area contributed by atoms with Crippen LogP contribution in [0, 0.1) is 0 Å². The van der Waals surface area contributed by atoms with Crippen LogP contribution in [-0.2, 0) is 6.54 Å². The average molecular weight is 249 g/mol. The van der Waals surface area contributed by atoms with E-state index in [0.29, 0.717) is 12.2 Å². The van der Waals surface area contributed by atoms with Crippen molar-refractivity contribution < 1.29 is 0 Å². The number of nitrogens with zero attached hydrogens (tertiary/aromatic N) is 3. The lowest BCUT2D eigenvalue weighted by Gasteiger charge is -1.99. The Bertz CT molecular complexity index is 585. The van der Waals surface area contributed by atoms with Crippen molar-refractivity contribution in [3.8, 4) is 0 Å². The summed E-state index contributed by atoms with van der Waals surface area (Å²) in [5.74, 6) is 1.80. The fourth-order valence-electron chi connectivity index (χ4n) is 1.51. The highest BCUT2D eigenvalue weighted by atomic mass is 32.2. The molecule has 2 rings (SSSR count). The SMILES string of the molecule is C=C(C)CSCCn1nc2ccccn2c1=O. The zero-order valence-electron chi connectivity index (χ0n) is 9.80. The molecule has 0 saturated heterocycles. The lowest BCUT2D eigenvalue weighted by molar-refractivity contribution is 0.640. The normalized spacial score (nSPS) is 10.9. The standard InChI is InChI=1S/C12H15N3OS/c1-10(2)9-17-8-7-15-12(16)14-6-4-3-5-11(14)13-15/h3-6H,1,7-9H2,2H3. The summed E-state index contributed by atoms with van der Waals surface area (Å²) < 4.78 is 3.07. The van der Waals surface area contributed by atoms with Gasteiger partial charge in [-0.25, -0.2) is 9.48 Å². The van der Waals surface area contributed by atoms with Gasteiger partial charge in [0.25, 0.3) is 0 Å². The zero-order valence-corrected chi connectivity index (χ0v) is 10.6. The van der Waals surface area contributed by atoms with E-state index in [0.717, 1.165) is 17.1 Å². The van der Waals surface area contributed by atoms with Crippen LogP contribution >= 0.6 is 11.8 Å². The summed E-state index contributed by atoms with van der Waals surface area (Å²) in [5.41, 5.74) is 1.77. The lowest BCUT2D eigenvalue weighted by atomic mass is 10.4. The Labute approximate surface area is 104 Å². The maximum atomic E-state index is 11.9. The van der Waals surface area contributed by atoms with E-state index < -0.39 is 0 Å². The molecule has 0 aliphatic carbocycles. The molecule has 2 heterocycles. The van der Waals surface area contributed by atoms with Crippen LogP contribution in [-0.4, -0.2) is 25.7 Å². The number of aryl methyl sites for hydroxylation is 1. The van der Waals surface area contributed by atoms with E-state index >= 15 is 0 Å². The molecule has 0 fully saturated rings. The van der Waals surface area contributed by atoms with Crippen LogP contribution in [0.2, 0.25) is 0 Å². The van der Waals surface area contributed by atoms with Gasteiger partial charge in [0.1, 0.15) is 0 Å². The molecule has 2 aromatic heterocycles. The van der Waals surface area contributed by atoms with Crippen LogP contribution in [0.3, 0.4) is 0 Å². The van der Waals surface area contributed by atoms with Gasteiger partial charge < -0.3 is 0 Å². The van der Waals surface area contributed by atoms with E-state index in [1.807, 2.05) is 25.1 Å². The van der Waals surface area contributed by atoms with Crippen molar-refractivity contribution in [1.82, 2.24) is 14.2 Å². The number of fused-ring (bicyclic) bond motifs is 1. The molecule has 0 saturated carbocycles. The second kappa shape index (κ2) is 5.23. The number of hydrogen-bond donors (Lipinski definition) is 0. The molecule has 0 radical (unpaired) electrons. The Morgan fingerprint density at radius 3 is 3.06 bits per heavy atom. The topological polar surface area (TPSA) is 39.3 Å². The molecule has 0 bridgehead atoms. The molecule has 90 valence electrons. The summed E-state index contributed by atoms with van der Waals surface area (Å²) in [4.78, 5) is 11.9. The van der Waals surface area contributed by atoms with E-state index in [-0.39, 0.29) is 5.69 Å². The maximum Gasteiger partial charge on any atom is 0.350 e. The Morgan fingerprint density at radius 1 is 1.53 bits per heavy atom. The second-order valence-corrected chi connectivity index (χ2v) is 5.05. The fourth-order valence-corrected chi connectivity index (χ4v) is 2.31. The molecule has 0 spiro atoms. The molecule has 17 heavy (non-hydrogen) atoms. The van der Waals surface area contributed by atoms with E-state index in [2.05, 4.69) is 11.7 Å². The summed E-state index contributed by atoms with van der Waals surface area (Å²) in [6.45, 7) is 6.48. The van der Waals surface area contributed by atoms with Crippen LogP contribution < -0.4 is 5.69 Å². The van der Waals surface area contributed by atoms with E-state index in [4.69, 9.17) is 0 Å². The van der Waals surface area contributed by atoms with Crippen LogP contribution in [0.5, 0.6) is 0 Å². The van der Waals surface area contributed by atoms with Crippen molar-refractivity contribution in [3.63, 3.8) is 0 Å². The van der Waals surface area contributed by atoms with E-state index in [1.165, 1.54) is 4.68 Å². The molecule has 2 aromatic rings. The molecule has 0 unspecified atom stereocenters. The monoisotopic (exact) mass is 249 g/mol. The first kappa shape index (κ1) is 12.0. The fraction of sp³-hybridized carbons (Fsp3) is 0.333. The Morgan fingerprint density at radius 2 is 2.35 bits per heavy atom. The third-order valence-corrected chi connectivity index (χ3v) is 3.45. The highest BCUT2D eigenvalue weighted by Gasteiger charge is 2.04. The van der Waals surface area contributed by atoms with E-state index in [9.17, 15) is 4.79 Å². The van der Waals surface area contributed by atoms with Crippen molar-refractivity contribution in [2.24, 2.45) is 0 Å². The molecule has 0 aliphatic heterocycles. The number of rotatable bonds is 5. The van der Waals surface area contributed by atoms with Crippen molar-refractivity contribution in [1.29, 1.82) is 0 Å². The Balaban J connectivity index is 2.06. The van der Waals surface area contributed by atoms with Crippen molar-refractivity contribution in [2.45, 2.75) is 13.5 Å². The minimum Gasteiger partial charge on any atom is -0.250 e. The molecule has 0 atom stereocenters. The summed E-state index contributed by atoms with van der Waals surface area (Å²) in [6.07, 6.45) is 1.74. The van der Waals surface area contributed by atoms with Gasteiger partial charge in [-0.3, -0.25) is 4.40 Å².